The average molecular weight is 410 g/mol. The van der Waals surface area contributed by atoms with Crippen LogP contribution in [-0.2, 0) is 14.8 Å². The summed E-state index contributed by atoms with van der Waals surface area (Å²) in [6.07, 6.45) is 6.41. The van der Waals surface area contributed by atoms with E-state index in [2.05, 4.69) is 5.32 Å². The van der Waals surface area contributed by atoms with E-state index in [0.29, 0.717) is 37.6 Å². The van der Waals surface area contributed by atoms with E-state index in [9.17, 15) is 13.2 Å². The highest BCUT2D eigenvalue weighted by Crippen LogP contribution is 2.46. The summed E-state index contributed by atoms with van der Waals surface area (Å²) in [6.45, 7) is 2.15. The van der Waals surface area contributed by atoms with Crippen molar-refractivity contribution in [2.45, 2.75) is 37.9 Å². The molecule has 4 rings (SSSR count). The SMILES string of the molecule is CS(=O)(=O)N1CCN(CC(=O)Nc2ccc3c(c2)OC2(CCCCC2)O3)CC1. The number of carbonyl (C=O) groups excluding carboxylic acids is 1. The quantitative estimate of drug-likeness (QED) is 0.813. The monoisotopic (exact) mass is 409 g/mol. The van der Waals surface area contributed by atoms with Crippen LogP contribution in [0.15, 0.2) is 18.2 Å². The van der Waals surface area contributed by atoms with Crippen LogP contribution >= 0.6 is 0 Å². The van der Waals surface area contributed by atoms with Crippen molar-refractivity contribution in [1.29, 1.82) is 0 Å². The van der Waals surface area contributed by atoms with Gasteiger partial charge in [0, 0.05) is 50.8 Å². The molecule has 1 N–H and O–H groups in total. The number of anilines is 1. The Morgan fingerprint density at radius 3 is 2.43 bits per heavy atom. The predicted molar refractivity (Wildman–Crippen MR) is 105 cm³/mol. The van der Waals surface area contributed by atoms with Gasteiger partial charge in [0.25, 0.3) is 5.79 Å². The second-order valence-electron chi connectivity index (χ2n) is 7.82. The van der Waals surface area contributed by atoms with Crippen LogP contribution in [0.25, 0.3) is 0 Å². The Bertz CT molecular complexity index is 843. The van der Waals surface area contributed by atoms with Gasteiger partial charge in [-0.05, 0) is 25.0 Å². The molecule has 1 aromatic rings. The Hall–Kier alpha value is -1.84. The van der Waals surface area contributed by atoms with Gasteiger partial charge in [0.2, 0.25) is 15.9 Å². The van der Waals surface area contributed by atoms with Gasteiger partial charge in [0.1, 0.15) is 0 Å². The van der Waals surface area contributed by atoms with Gasteiger partial charge in [-0.1, -0.05) is 6.42 Å². The molecule has 0 atom stereocenters. The lowest BCUT2D eigenvalue weighted by Crippen LogP contribution is -2.50. The molecule has 1 saturated heterocycles. The number of sulfonamides is 1. The molecule has 1 saturated carbocycles. The fourth-order valence-corrected chi connectivity index (χ4v) is 4.92. The molecule has 0 unspecified atom stereocenters. The maximum atomic E-state index is 12.4. The zero-order valence-electron chi connectivity index (χ0n) is 16.1. The molecular weight excluding hydrogens is 382 g/mol. The normalized spacial score (nSPS) is 22.3. The molecule has 1 aliphatic carbocycles. The summed E-state index contributed by atoms with van der Waals surface area (Å²) in [7, 11) is -3.16. The van der Waals surface area contributed by atoms with Crippen molar-refractivity contribution in [1.82, 2.24) is 9.21 Å². The Balaban J connectivity index is 1.31. The van der Waals surface area contributed by atoms with Gasteiger partial charge in [-0.25, -0.2) is 8.42 Å². The summed E-state index contributed by atoms with van der Waals surface area (Å²) >= 11 is 0. The number of hydrogen-bond donors (Lipinski definition) is 1. The molecule has 0 aromatic heterocycles. The van der Waals surface area contributed by atoms with Gasteiger partial charge >= 0.3 is 0 Å². The first-order chi connectivity index (χ1) is 13.3. The zero-order chi connectivity index (χ0) is 19.8. The van der Waals surface area contributed by atoms with Crippen molar-refractivity contribution < 1.29 is 22.7 Å². The third-order valence-corrected chi connectivity index (χ3v) is 6.91. The first-order valence-corrected chi connectivity index (χ1v) is 11.7. The highest BCUT2D eigenvalue weighted by atomic mass is 32.2. The summed E-state index contributed by atoms with van der Waals surface area (Å²) in [5.74, 6) is 0.764. The number of carbonyl (C=O) groups is 1. The molecule has 154 valence electrons. The molecule has 9 heteroatoms. The van der Waals surface area contributed by atoms with E-state index in [1.807, 2.05) is 23.1 Å². The lowest BCUT2D eigenvalue weighted by atomic mass is 9.94. The van der Waals surface area contributed by atoms with Crippen LogP contribution < -0.4 is 14.8 Å². The van der Waals surface area contributed by atoms with E-state index in [0.717, 1.165) is 31.4 Å². The summed E-state index contributed by atoms with van der Waals surface area (Å²) in [5.41, 5.74) is 0.676. The lowest BCUT2D eigenvalue weighted by molar-refractivity contribution is -0.117. The zero-order valence-corrected chi connectivity index (χ0v) is 17.0. The van der Waals surface area contributed by atoms with Gasteiger partial charge in [-0.15, -0.1) is 0 Å². The number of benzene rings is 1. The van der Waals surface area contributed by atoms with E-state index < -0.39 is 15.8 Å². The first-order valence-electron chi connectivity index (χ1n) is 9.82. The summed E-state index contributed by atoms with van der Waals surface area (Å²) in [4.78, 5) is 14.4. The third-order valence-electron chi connectivity index (χ3n) is 5.60. The molecular formula is C19H27N3O5S. The summed E-state index contributed by atoms with van der Waals surface area (Å²) < 4.78 is 36.7. The Morgan fingerprint density at radius 1 is 1.07 bits per heavy atom. The standard InChI is InChI=1S/C19H27N3O5S/c1-28(24,25)22-11-9-21(10-12-22)14-18(23)20-15-5-6-16-17(13-15)27-19(26-16)7-3-2-4-8-19/h5-6,13H,2-4,7-12,14H2,1H3,(H,20,23). The third kappa shape index (κ3) is 4.26. The number of fused-ring (bicyclic) bond motifs is 1. The minimum absolute atomic E-state index is 0.126. The van der Waals surface area contributed by atoms with Crippen LogP contribution in [0.2, 0.25) is 0 Å². The summed E-state index contributed by atoms with van der Waals surface area (Å²) in [5, 5.41) is 2.90. The second kappa shape index (κ2) is 7.53. The predicted octanol–water partition coefficient (Wildman–Crippen LogP) is 1.63. The van der Waals surface area contributed by atoms with Crippen LogP contribution in [0.5, 0.6) is 11.5 Å². The Kier molecular flexibility index (Phi) is 5.24. The van der Waals surface area contributed by atoms with Gasteiger partial charge in [-0.3, -0.25) is 9.69 Å². The largest absolute Gasteiger partial charge is 0.448 e. The minimum atomic E-state index is -3.16. The maximum Gasteiger partial charge on any atom is 0.251 e. The molecule has 1 aromatic carbocycles. The highest BCUT2D eigenvalue weighted by Gasteiger charge is 2.42. The number of ether oxygens (including phenoxy) is 2. The fraction of sp³-hybridized carbons (Fsp3) is 0.632. The van der Waals surface area contributed by atoms with Crippen molar-refractivity contribution in [3.8, 4) is 11.5 Å². The van der Waals surface area contributed by atoms with E-state index >= 15 is 0 Å². The Morgan fingerprint density at radius 2 is 1.75 bits per heavy atom. The highest BCUT2D eigenvalue weighted by molar-refractivity contribution is 7.88. The molecule has 3 aliphatic rings. The number of rotatable bonds is 4. The van der Waals surface area contributed by atoms with Crippen molar-refractivity contribution >= 4 is 21.6 Å². The van der Waals surface area contributed by atoms with Crippen LogP contribution in [0.3, 0.4) is 0 Å². The lowest BCUT2D eigenvalue weighted by Gasteiger charge is -2.32. The molecule has 2 fully saturated rings. The molecule has 0 bridgehead atoms. The van der Waals surface area contributed by atoms with E-state index in [-0.39, 0.29) is 12.5 Å². The topological polar surface area (TPSA) is 88.2 Å². The van der Waals surface area contributed by atoms with E-state index in [1.54, 1.807) is 0 Å². The molecule has 8 nitrogen and oxygen atoms in total. The summed E-state index contributed by atoms with van der Waals surface area (Å²) in [6, 6.07) is 5.49. The number of nitrogens with zero attached hydrogens (tertiary/aromatic N) is 2. The number of hydrogen-bond acceptors (Lipinski definition) is 6. The van der Waals surface area contributed by atoms with Crippen LogP contribution in [0, 0.1) is 0 Å². The average Bonchev–Trinajstić information content (AvgIpc) is 2.98. The van der Waals surface area contributed by atoms with Gasteiger partial charge in [-0.2, -0.15) is 4.31 Å². The molecule has 2 aliphatic heterocycles. The van der Waals surface area contributed by atoms with Gasteiger partial charge in [0.05, 0.1) is 12.8 Å². The fourth-order valence-electron chi connectivity index (χ4n) is 4.09. The number of nitrogens with one attached hydrogen (secondary N) is 1. The van der Waals surface area contributed by atoms with Crippen LogP contribution in [-0.4, -0.2) is 68.3 Å². The van der Waals surface area contributed by atoms with Gasteiger partial charge in [0.15, 0.2) is 11.5 Å². The molecule has 1 amide bonds. The van der Waals surface area contributed by atoms with Crippen LogP contribution in [0.4, 0.5) is 5.69 Å². The van der Waals surface area contributed by atoms with Crippen LogP contribution in [0.1, 0.15) is 32.1 Å². The molecule has 28 heavy (non-hydrogen) atoms. The second-order valence-corrected chi connectivity index (χ2v) is 9.81. The first kappa shape index (κ1) is 19.5. The van der Waals surface area contributed by atoms with E-state index in [4.69, 9.17) is 9.47 Å². The van der Waals surface area contributed by atoms with Crippen molar-refractivity contribution in [2.75, 3.05) is 44.3 Å². The van der Waals surface area contributed by atoms with Crippen molar-refractivity contribution in [3.05, 3.63) is 18.2 Å². The molecule has 1 spiro atoms. The molecule has 0 radical (unpaired) electrons. The van der Waals surface area contributed by atoms with E-state index in [1.165, 1.54) is 17.0 Å². The van der Waals surface area contributed by atoms with Gasteiger partial charge < -0.3 is 14.8 Å². The molecule has 2 heterocycles. The van der Waals surface area contributed by atoms with Crippen molar-refractivity contribution in [2.24, 2.45) is 0 Å². The van der Waals surface area contributed by atoms with Crippen molar-refractivity contribution in [3.63, 3.8) is 0 Å². The number of piperazine rings is 1. The Labute approximate surface area is 165 Å². The minimum Gasteiger partial charge on any atom is -0.448 e. The smallest absolute Gasteiger partial charge is 0.251 e. The maximum absolute atomic E-state index is 12.4. The number of amides is 1.